The summed E-state index contributed by atoms with van der Waals surface area (Å²) in [7, 11) is 1.83. The Labute approximate surface area is 146 Å². The second-order valence-corrected chi connectivity index (χ2v) is 8.41. The quantitative estimate of drug-likeness (QED) is 0.812. The van der Waals surface area contributed by atoms with E-state index in [4.69, 9.17) is 4.74 Å². The molecule has 0 aromatic heterocycles. The average molecular weight is 332 g/mol. The number of hydrogen-bond donors (Lipinski definition) is 0. The van der Waals surface area contributed by atoms with Gasteiger partial charge in [0.05, 0.1) is 0 Å². The second-order valence-electron chi connectivity index (χ2n) is 8.41. The number of nitrogens with zero attached hydrogens (tertiary/aromatic N) is 2. The van der Waals surface area contributed by atoms with Gasteiger partial charge in [0.15, 0.2) is 0 Å². The minimum atomic E-state index is -0.435. The van der Waals surface area contributed by atoms with Crippen LogP contribution in [0.25, 0.3) is 0 Å². The van der Waals surface area contributed by atoms with E-state index in [0.717, 1.165) is 32.6 Å². The van der Waals surface area contributed by atoms with E-state index in [1.807, 2.05) is 27.8 Å². The van der Waals surface area contributed by atoms with Crippen molar-refractivity contribution in [2.45, 2.75) is 52.7 Å². The van der Waals surface area contributed by atoms with Crippen LogP contribution in [-0.4, -0.2) is 48.2 Å². The summed E-state index contributed by atoms with van der Waals surface area (Å²) >= 11 is 0. The fraction of sp³-hybridized carbons (Fsp3) is 0.650. The normalized spacial score (nSPS) is 21.7. The van der Waals surface area contributed by atoms with Crippen LogP contribution in [0.3, 0.4) is 0 Å². The van der Waals surface area contributed by atoms with Gasteiger partial charge in [-0.3, -0.25) is 4.90 Å². The van der Waals surface area contributed by atoms with Crippen molar-refractivity contribution in [3.63, 3.8) is 0 Å². The van der Waals surface area contributed by atoms with Crippen molar-refractivity contribution in [3.8, 4) is 0 Å². The van der Waals surface area contributed by atoms with Gasteiger partial charge < -0.3 is 9.64 Å². The van der Waals surface area contributed by atoms with Gasteiger partial charge in [0, 0.05) is 26.7 Å². The average Bonchev–Trinajstić information content (AvgIpc) is 2.86. The first-order chi connectivity index (χ1) is 11.2. The smallest absolute Gasteiger partial charge is 0.410 e. The standard InChI is InChI=1S/C20H32N2O2/c1-19(2,3)24-18(23)21(5)13-11-20(4)12-14-22(16-20)15-17-9-7-6-8-10-17/h6-10H,11-16H2,1-5H3. The number of carbonyl (C=O) groups is 1. The van der Waals surface area contributed by atoms with Crippen LogP contribution in [0.5, 0.6) is 0 Å². The zero-order valence-corrected chi connectivity index (χ0v) is 15.8. The third kappa shape index (κ3) is 5.82. The third-order valence-electron chi connectivity index (χ3n) is 4.64. The predicted molar refractivity (Wildman–Crippen MR) is 97.9 cm³/mol. The molecular weight excluding hydrogens is 300 g/mol. The van der Waals surface area contributed by atoms with Gasteiger partial charge in [-0.2, -0.15) is 0 Å². The number of likely N-dealkylation sites (tertiary alicyclic amines) is 1. The minimum absolute atomic E-state index is 0.231. The van der Waals surface area contributed by atoms with Gasteiger partial charge in [0.25, 0.3) is 0 Å². The SMILES string of the molecule is CN(CCC1(C)CCN(Cc2ccccc2)C1)C(=O)OC(C)(C)C. The van der Waals surface area contributed by atoms with Crippen molar-refractivity contribution in [1.82, 2.24) is 9.80 Å². The second kappa shape index (κ2) is 7.56. The van der Waals surface area contributed by atoms with E-state index in [1.165, 1.54) is 12.0 Å². The summed E-state index contributed by atoms with van der Waals surface area (Å²) in [6.45, 7) is 12.0. The Morgan fingerprint density at radius 2 is 1.96 bits per heavy atom. The van der Waals surface area contributed by atoms with Crippen molar-refractivity contribution in [2.75, 3.05) is 26.7 Å². The van der Waals surface area contributed by atoms with E-state index in [1.54, 1.807) is 4.90 Å². The lowest BCUT2D eigenvalue weighted by atomic mass is 9.86. The van der Waals surface area contributed by atoms with Gasteiger partial charge in [-0.15, -0.1) is 0 Å². The number of carbonyl (C=O) groups excluding carboxylic acids is 1. The fourth-order valence-electron chi connectivity index (χ4n) is 3.18. The molecule has 0 radical (unpaired) electrons. The highest BCUT2D eigenvalue weighted by Crippen LogP contribution is 2.34. The first-order valence-corrected chi connectivity index (χ1v) is 8.87. The highest BCUT2D eigenvalue weighted by molar-refractivity contribution is 5.67. The summed E-state index contributed by atoms with van der Waals surface area (Å²) in [5.41, 5.74) is 1.20. The van der Waals surface area contributed by atoms with Gasteiger partial charge in [-0.1, -0.05) is 37.3 Å². The zero-order chi connectivity index (χ0) is 17.8. The van der Waals surface area contributed by atoms with Crippen molar-refractivity contribution in [1.29, 1.82) is 0 Å². The number of rotatable bonds is 5. The molecule has 4 nitrogen and oxygen atoms in total. The van der Waals surface area contributed by atoms with Gasteiger partial charge in [0.1, 0.15) is 5.60 Å². The van der Waals surface area contributed by atoms with Crippen LogP contribution in [0.15, 0.2) is 30.3 Å². The molecule has 134 valence electrons. The van der Waals surface area contributed by atoms with Crippen molar-refractivity contribution >= 4 is 6.09 Å². The Morgan fingerprint density at radius 3 is 2.58 bits per heavy atom. The van der Waals surface area contributed by atoms with Crippen LogP contribution in [0.1, 0.15) is 46.1 Å². The molecule has 1 heterocycles. The predicted octanol–water partition coefficient (Wildman–Crippen LogP) is 4.16. The number of amides is 1. The molecule has 0 bridgehead atoms. The minimum Gasteiger partial charge on any atom is -0.444 e. The molecule has 1 aliphatic heterocycles. The van der Waals surface area contributed by atoms with Crippen LogP contribution in [-0.2, 0) is 11.3 Å². The lowest BCUT2D eigenvalue weighted by molar-refractivity contribution is 0.0280. The van der Waals surface area contributed by atoms with Crippen LogP contribution in [0.2, 0.25) is 0 Å². The van der Waals surface area contributed by atoms with E-state index in [9.17, 15) is 4.79 Å². The molecule has 1 amide bonds. The van der Waals surface area contributed by atoms with Crippen LogP contribution < -0.4 is 0 Å². The molecule has 0 saturated carbocycles. The zero-order valence-electron chi connectivity index (χ0n) is 15.8. The largest absolute Gasteiger partial charge is 0.444 e. The molecule has 1 aromatic carbocycles. The third-order valence-corrected chi connectivity index (χ3v) is 4.64. The Hall–Kier alpha value is -1.55. The maximum absolute atomic E-state index is 12.1. The van der Waals surface area contributed by atoms with Crippen molar-refractivity contribution in [3.05, 3.63) is 35.9 Å². The Bertz CT molecular complexity index is 538. The Balaban J connectivity index is 1.79. The fourth-order valence-corrected chi connectivity index (χ4v) is 3.18. The summed E-state index contributed by atoms with van der Waals surface area (Å²) in [5.74, 6) is 0. The summed E-state index contributed by atoms with van der Waals surface area (Å²) in [6.07, 6.45) is 1.96. The van der Waals surface area contributed by atoms with E-state index in [-0.39, 0.29) is 11.5 Å². The molecular formula is C20H32N2O2. The molecule has 1 fully saturated rings. The highest BCUT2D eigenvalue weighted by atomic mass is 16.6. The lowest BCUT2D eigenvalue weighted by Crippen LogP contribution is -2.36. The number of ether oxygens (including phenoxy) is 1. The van der Waals surface area contributed by atoms with E-state index >= 15 is 0 Å². The molecule has 0 spiro atoms. The lowest BCUT2D eigenvalue weighted by Gasteiger charge is -2.29. The molecule has 4 heteroatoms. The Morgan fingerprint density at radius 1 is 1.29 bits per heavy atom. The van der Waals surface area contributed by atoms with Gasteiger partial charge in [-0.05, 0) is 51.1 Å². The van der Waals surface area contributed by atoms with Gasteiger partial charge in [-0.25, -0.2) is 4.79 Å². The highest BCUT2D eigenvalue weighted by Gasteiger charge is 2.34. The summed E-state index contributed by atoms with van der Waals surface area (Å²) in [4.78, 5) is 16.3. The van der Waals surface area contributed by atoms with Crippen molar-refractivity contribution < 1.29 is 9.53 Å². The van der Waals surface area contributed by atoms with E-state index in [0.29, 0.717) is 0 Å². The number of benzene rings is 1. The summed E-state index contributed by atoms with van der Waals surface area (Å²) < 4.78 is 5.42. The molecule has 1 aliphatic rings. The van der Waals surface area contributed by atoms with Gasteiger partial charge >= 0.3 is 6.09 Å². The molecule has 0 N–H and O–H groups in total. The monoisotopic (exact) mass is 332 g/mol. The van der Waals surface area contributed by atoms with Crippen molar-refractivity contribution in [2.24, 2.45) is 5.41 Å². The molecule has 1 saturated heterocycles. The summed E-state index contributed by atoms with van der Waals surface area (Å²) in [5, 5.41) is 0. The van der Waals surface area contributed by atoms with E-state index < -0.39 is 5.60 Å². The van der Waals surface area contributed by atoms with E-state index in [2.05, 4.69) is 42.2 Å². The molecule has 2 rings (SSSR count). The van der Waals surface area contributed by atoms with Crippen LogP contribution >= 0.6 is 0 Å². The molecule has 1 unspecified atom stereocenters. The molecule has 1 aromatic rings. The summed E-state index contributed by atoms with van der Waals surface area (Å²) in [6, 6.07) is 10.6. The molecule has 1 atom stereocenters. The molecule has 24 heavy (non-hydrogen) atoms. The number of hydrogen-bond acceptors (Lipinski definition) is 3. The maximum atomic E-state index is 12.1. The first kappa shape index (κ1) is 18.8. The van der Waals surface area contributed by atoms with Crippen LogP contribution in [0, 0.1) is 5.41 Å². The van der Waals surface area contributed by atoms with Crippen LogP contribution in [0.4, 0.5) is 4.79 Å². The first-order valence-electron chi connectivity index (χ1n) is 8.87. The Kier molecular flexibility index (Phi) is 5.92. The molecule has 0 aliphatic carbocycles. The van der Waals surface area contributed by atoms with Gasteiger partial charge in [0.2, 0.25) is 0 Å². The topological polar surface area (TPSA) is 32.8 Å². The maximum Gasteiger partial charge on any atom is 0.410 e.